The molecule has 0 aliphatic heterocycles. The van der Waals surface area contributed by atoms with Crippen molar-refractivity contribution in [1.29, 1.82) is 0 Å². The highest BCUT2D eigenvalue weighted by molar-refractivity contribution is 6.76. The van der Waals surface area contributed by atoms with E-state index in [-0.39, 0.29) is 5.91 Å². The van der Waals surface area contributed by atoms with Crippen LogP contribution in [0.3, 0.4) is 0 Å². The van der Waals surface area contributed by atoms with Crippen LogP contribution < -0.4 is 5.32 Å². The Hall–Kier alpha value is -3.07. The van der Waals surface area contributed by atoms with Crippen LogP contribution >= 0.6 is 11.6 Å². The van der Waals surface area contributed by atoms with Gasteiger partial charge in [0, 0.05) is 45.8 Å². The van der Waals surface area contributed by atoms with E-state index in [2.05, 4.69) is 39.9 Å². The second kappa shape index (κ2) is 10.0. The lowest BCUT2D eigenvalue weighted by molar-refractivity contribution is -0.114. The Labute approximate surface area is 205 Å². The number of amides is 1. The van der Waals surface area contributed by atoms with Crippen LogP contribution in [-0.2, 0) is 16.3 Å². The van der Waals surface area contributed by atoms with Gasteiger partial charge in [0.15, 0.2) is 0 Å². The van der Waals surface area contributed by atoms with Crippen molar-refractivity contribution in [3.63, 3.8) is 0 Å². The molecule has 1 N–H and O–H groups in total. The maximum Gasteiger partial charge on any atom is 0.222 e. The number of carbonyl (C=O) groups is 1. The molecule has 34 heavy (non-hydrogen) atoms. The van der Waals surface area contributed by atoms with Gasteiger partial charge in [-0.15, -0.1) is 0 Å². The Morgan fingerprint density at radius 3 is 2.59 bits per heavy atom. The van der Waals surface area contributed by atoms with Crippen molar-refractivity contribution in [1.82, 2.24) is 19.5 Å². The fourth-order valence-corrected chi connectivity index (χ4v) is 4.78. The van der Waals surface area contributed by atoms with Crippen LogP contribution in [0.2, 0.25) is 30.7 Å². The highest BCUT2D eigenvalue weighted by atomic mass is 35.5. The van der Waals surface area contributed by atoms with Gasteiger partial charge in [-0.3, -0.25) is 14.8 Å². The SMILES string of the molecule is CC(=O)Nc1cc(-c2c(-c3ccccn3)c3nccc(Cl)c3n2COCC[Si](C)(C)C)ccn1. The van der Waals surface area contributed by atoms with Crippen LogP contribution in [0.4, 0.5) is 5.82 Å². The summed E-state index contributed by atoms with van der Waals surface area (Å²) in [5.74, 6) is 0.280. The fraction of sp³-hybridized carbons (Fsp3) is 0.280. The third-order valence-corrected chi connectivity index (χ3v) is 7.37. The molecule has 0 radical (unpaired) electrons. The molecule has 4 aromatic rings. The zero-order valence-electron chi connectivity index (χ0n) is 19.8. The standard InChI is InChI=1S/C25H28ClN5O2Si/c1-17(32)30-21-15-18(8-11-28-21)24-22(20-7-5-6-10-27-20)23-25(19(26)9-12-29-23)31(24)16-33-13-14-34(2,3)4/h5-12,15H,13-14,16H2,1-4H3,(H,28,30,32). The summed E-state index contributed by atoms with van der Waals surface area (Å²) >= 11 is 6.71. The second-order valence-electron chi connectivity index (χ2n) is 9.32. The summed E-state index contributed by atoms with van der Waals surface area (Å²) in [6.07, 6.45) is 5.13. The molecule has 0 bridgehead atoms. The molecule has 0 aliphatic carbocycles. The van der Waals surface area contributed by atoms with Gasteiger partial charge in [-0.25, -0.2) is 4.98 Å². The zero-order valence-corrected chi connectivity index (χ0v) is 21.6. The Kier molecular flexibility index (Phi) is 7.11. The number of hydrogen-bond donors (Lipinski definition) is 1. The van der Waals surface area contributed by atoms with Crippen LogP contribution in [-0.4, -0.2) is 40.1 Å². The minimum Gasteiger partial charge on any atom is -0.361 e. The van der Waals surface area contributed by atoms with Crippen LogP contribution in [0.5, 0.6) is 0 Å². The minimum atomic E-state index is -1.24. The lowest BCUT2D eigenvalue weighted by atomic mass is 10.0. The highest BCUT2D eigenvalue weighted by Gasteiger charge is 2.24. The molecule has 0 saturated heterocycles. The lowest BCUT2D eigenvalue weighted by Gasteiger charge is -2.17. The summed E-state index contributed by atoms with van der Waals surface area (Å²) in [4.78, 5) is 25.2. The van der Waals surface area contributed by atoms with Crippen molar-refractivity contribution in [2.75, 3.05) is 11.9 Å². The lowest BCUT2D eigenvalue weighted by Crippen LogP contribution is -2.22. The van der Waals surface area contributed by atoms with E-state index in [9.17, 15) is 4.79 Å². The third-order valence-electron chi connectivity index (χ3n) is 5.36. The van der Waals surface area contributed by atoms with Crippen molar-refractivity contribution < 1.29 is 9.53 Å². The molecule has 0 saturated carbocycles. The van der Waals surface area contributed by atoms with Gasteiger partial charge in [-0.05, 0) is 36.4 Å². The van der Waals surface area contributed by atoms with Crippen molar-refractivity contribution in [2.24, 2.45) is 0 Å². The molecule has 4 heterocycles. The summed E-state index contributed by atoms with van der Waals surface area (Å²) in [5, 5.41) is 3.35. The molecule has 0 aromatic carbocycles. The number of nitrogens with one attached hydrogen (secondary N) is 1. The second-order valence-corrected chi connectivity index (χ2v) is 15.3. The average molecular weight is 494 g/mol. The molecule has 4 aromatic heterocycles. The highest BCUT2D eigenvalue weighted by Crippen LogP contribution is 2.41. The van der Waals surface area contributed by atoms with Gasteiger partial charge < -0.3 is 14.6 Å². The first kappa shape index (κ1) is 24.1. The van der Waals surface area contributed by atoms with E-state index in [1.807, 2.05) is 34.9 Å². The van der Waals surface area contributed by atoms with Crippen LogP contribution in [0.25, 0.3) is 33.5 Å². The first-order valence-corrected chi connectivity index (χ1v) is 15.2. The monoisotopic (exact) mass is 493 g/mol. The number of anilines is 1. The third kappa shape index (κ3) is 5.35. The number of carbonyl (C=O) groups excluding carboxylic acids is 1. The van der Waals surface area contributed by atoms with Crippen molar-refractivity contribution in [3.05, 3.63) is 60.0 Å². The number of ether oxygens (including phenoxy) is 1. The van der Waals surface area contributed by atoms with E-state index in [4.69, 9.17) is 16.3 Å². The Bertz CT molecular complexity index is 1320. The Balaban J connectivity index is 1.92. The van der Waals surface area contributed by atoms with Crippen LogP contribution in [0.1, 0.15) is 6.92 Å². The van der Waals surface area contributed by atoms with Crippen molar-refractivity contribution in [2.45, 2.75) is 39.3 Å². The molecule has 1 amide bonds. The maximum atomic E-state index is 11.6. The fourth-order valence-electron chi connectivity index (χ4n) is 3.77. The molecule has 9 heteroatoms. The van der Waals surface area contributed by atoms with Gasteiger partial charge in [0.25, 0.3) is 0 Å². The number of hydrogen-bond acceptors (Lipinski definition) is 5. The molecular formula is C25H28ClN5O2Si. The van der Waals surface area contributed by atoms with E-state index in [1.165, 1.54) is 6.92 Å². The van der Waals surface area contributed by atoms with Crippen molar-refractivity contribution in [3.8, 4) is 22.5 Å². The zero-order chi connectivity index (χ0) is 24.3. The molecular weight excluding hydrogens is 466 g/mol. The molecule has 176 valence electrons. The normalized spacial score (nSPS) is 11.7. The van der Waals surface area contributed by atoms with E-state index < -0.39 is 8.07 Å². The number of halogens is 1. The Morgan fingerprint density at radius 2 is 1.88 bits per heavy atom. The van der Waals surface area contributed by atoms with Gasteiger partial charge in [-0.1, -0.05) is 37.3 Å². The molecule has 0 atom stereocenters. The smallest absolute Gasteiger partial charge is 0.222 e. The summed E-state index contributed by atoms with van der Waals surface area (Å²) < 4.78 is 8.22. The quantitative estimate of drug-likeness (QED) is 0.237. The van der Waals surface area contributed by atoms with Gasteiger partial charge in [0.1, 0.15) is 12.5 Å². The van der Waals surface area contributed by atoms with Gasteiger partial charge in [-0.2, -0.15) is 0 Å². The topological polar surface area (TPSA) is 81.9 Å². The van der Waals surface area contributed by atoms with Crippen LogP contribution in [0, 0.1) is 0 Å². The average Bonchev–Trinajstić information content (AvgIpc) is 3.12. The minimum absolute atomic E-state index is 0.186. The van der Waals surface area contributed by atoms with Gasteiger partial charge in [0.05, 0.1) is 33.0 Å². The number of fused-ring (bicyclic) bond motifs is 1. The predicted molar refractivity (Wildman–Crippen MR) is 140 cm³/mol. The van der Waals surface area contributed by atoms with E-state index in [0.717, 1.165) is 39.6 Å². The molecule has 0 aliphatic rings. The summed E-state index contributed by atoms with van der Waals surface area (Å²) in [6, 6.07) is 12.4. The van der Waals surface area contributed by atoms with E-state index in [1.54, 1.807) is 24.7 Å². The molecule has 0 fully saturated rings. The van der Waals surface area contributed by atoms with Gasteiger partial charge >= 0.3 is 0 Å². The molecule has 7 nitrogen and oxygen atoms in total. The number of rotatable bonds is 8. The molecule has 4 rings (SSSR count). The first-order chi connectivity index (χ1) is 16.2. The first-order valence-electron chi connectivity index (χ1n) is 11.1. The summed E-state index contributed by atoms with van der Waals surface area (Å²) in [7, 11) is -1.24. The molecule has 0 spiro atoms. The maximum absolute atomic E-state index is 11.6. The number of aromatic nitrogens is 4. The van der Waals surface area contributed by atoms with E-state index in [0.29, 0.717) is 24.2 Å². The number of pyridine rings is 3. The summed E-state index contributed by atoms with van der Waals surface area (Å²) in [5.41, 5.74) is 4.86. The van der Waals surface area contributed by atoms with Crippen LogP contribution in [0.15, 0.2) is 55.0 Å². The Morgan fingerprint density at radius 1 is 1.09 bits per heavy atom. The van der Waals surface area contributed by atoms with Crippen molar-refractivity contribution >= 4 is 42.4 Å². The molecule has 0 unspecified atom stereocenters. The largest absolute Gasteiger partial charge is 0.361 e. The predicted octanol–water partition coefficient (Wildman–Crippen LogP) is 6.08. The van der Waals surface area contributed by atoms with Gasteiger partial charge in [0.2, 0.25) is 5.91 Å². The summed E-state index contributed by atoms with van der Waals surface area (Å²) in [6.45, 7) is 9.42. The number of nitrogens with zero attached hydrogens (tertiary/aromatic N) is 4. The van der Waals surface area contributed by atoms with E-state index >= 15 is 0 Å².